The number of sulfone groups is 1. The van der Waals surface area contributed by atoms with E-state index in [-0.39, 0.29) is 29.7 Å². The second-order valence-corrected chi connectivity index (χ2v) is 7.01. The molecule has 1 rings (SSSR count). The minimum absolute atomic E-state index is 0. The minimum Gasteiger partial charge on any atom is -0.378 e. The molecule has 0 saturated carbocycles. The molecule has 1 heterocycles. The van der Waals surface area contributed by atoms with Crippen LogP contribution in [0, 0.1) is 0 Å². The Hall–Kier alpha value is -0.0900. The van der Waals surface area contributed by atoms with E-state index in [1.54, 1.807) is 7.05 Å². The van der Waals surface area contributed by atoms with Gasteiger partial charge in [0.2, 0.25) is 0 Å². The molecule has 1 N–H and O–H groups in total. The van der Waals surface area contributed by atoms with E-state index in [0.717, 1.165) is 38.5 Å². The van der Waals surface area contributed by atoms with Gasteiger partial charge in [0, 0.05) is 39.5 Å². The van der Waals surface area contributed by atoms with Crippen LogP contribution in [0.2, 0.25) is 0 Å². The van der Waals surface area contributed by atoms with Gasteiger partial charge in [-0.05, 0) is 19.8 Å². The number of rotatable bonds is 5. The van der Waals surface area contributed by atoms with Crippen LogP contribution in [-0.2, 0) is 14.6 Å². The van der Waals surface area contributed by atoms with Crippen LogP contribution in [0.5, 0.6) is 0 Å². The zero-order valence-corrected chi connectivity index (χ0v) is 15.6. The Morgan fingerprint density at radius 3 is 2.45 bits per heavy atom. The van der Waals surface area contributed by atoms with E-state index >= 15 is 0 Å². The molecule has 0 unspecified atom stereocenters. The van der Waals surface area contributed by atoms with Crippen molar-refractivity contribution in [2.45, 2.75) is 25.9 Å². The van der Waals surface area contributed by atoms with Gasteiger partial charge in [-0.1, -0.05) is 0 Å². The van der Waals surface area contributed by atoms with E-state index in [0.29, 0.717) is 12.6 Å². The number of guanidine groups is 1. The van der Waals surface area contributed by atoms with E-state index in [4.69, 9.17) is 4.74 Å². The van der Waals surface area contributed by atoms with Gasteiger partial charge in [0.25, 0.3) is 0 Å². The molecule has 1 saturated heterocycles. The lowest BCUT2D eigenvalue weighted by atomic mass is 10.1. The van der Waals surface area contributed by atoms with Gasteiger partial charge < -0.3 is 15.0 Å². The van der Waals surface area contributed by atoms with Crippen LogP contribution in [-0.4, -0.2) is 70.7 Å². The minimum atomic E-state index is -2.93. The molecule has 0 aromatic rings. The van der Waals surface area contributed by atoms with Gasteiger partial charge in [-0.2, -0.15) is 0 Å². The average Bonchev–Trinajstić information content (AvgIpc) is 2.35. The molecule has 1 aliphatic heterocycles. The maximum atomic E-state index is 11.1. The van der Waals surface area contributed by atoms with Crippen molar-refractivity contribution in [3.05, 3.63) is 0 Å². The molecule has 0 amide bonds. The molecule has 8 heteroatoms. The Balaban J connectivity index is 0.00000361. The summed E-state index contributed by atoms with van der Waals surface area (Å²) in [6.45, 7) is 4.95. The van der Waals surface area contributed by atoms with Crippen LogP contribution in [0.15, 0.2) is 4.99 Å². The standard InChI is InChI=1S/C12H25N3O3S.HI/c1-4-18-11-5-8-15(9-6-11)12(13-2)14-7-10-19(3,16)17;/h11H,4-10H2,1-3H3,(H,13,14);1H. The first kappa shape index (κ1) is 19.9. The Labute approximate surface area is 139 Å². The fraction of sp³-hybridized carbons (Fsp3) is 0.917. The van der Waals surface area contributed by atoms with Gasteiger partial charge in [0.1, 0.15) is 9.84 Å². The topological polar surface area (TPSA) is 71.0 Å². The third-order valence-corrected chi connectivity index (χ3v) is 4.06. The van der Waals surface area contributed by atoms with Crippen LogP contribution >= 0.6 is 24.0 Å². The van der Waals surface area contributed by atoms with Gasteiger partial charge in [-0.15, -0.1) is 24.0 Å². The van der Waals surface area contributed by atoms with Crippen molar-refractivity contribution in [3.63, 3.8) is 0 Å². The van der Waals surface area contributed by atoms with Crippen molar-refractivity contribution in [2.24, 2.45) is 4.99 Å². The lowest BCUT2D eigenvalue weighted by molar-refractivity contribution is 0.0264. The largest absolute Gasteiger partial charge is 0.378 e. The fourth-order valence-electron chi connectivity index (χ4n) is 2.15. The van der Waals surface area contributed by atoms with Gasteiger partial charge >= 0.3 is 0 Å². The molecule has 0 aromatic carbocycles. The van der Waals surface area contributed by atoms with Gasteiger partial charge in [0.15, 0.2) is 5.96 Å². The highest BCUT2D eigenvalue weighted by atomic mass is 127. The summed E-state index contributed by atoms with van der Waals surface area (Å²) < 4.78 is 27.8. The average molecular weight is 419 g/mol. The van der Waals surface area contributed by atoms with Crippen molar-refractivity contribution in [3.8, 4) is 0 Å². The Morgan fingerprint density at radius 1 is 1.40 bits per heavy atom. The molecule has 0 spiro atoms. The van der Waals surface area contributed by atoms with E-state index in [1.165, 1.54) is 6.26 Å². The Bertz CT molecular complexity index is 393. The number of nitrogens with zero attached hydrogens (tertiary/aromatic N) is 2. The summed E-state index contributed by atoms with van der Waals surface area (Å²) in [5, 5.41) is 3.10. The number of hydrogen-bond acceptors (Lipinski definition) is 4. The van der Waals surface area contributed by atoms with Crippen LogP contribution in [0.1, 0.15) is 19.8 Å². The Kier molecular flexibility index (Phi) is 9.73. The van der Waals surface area contributed by atoms with E-state index < -0.39 is 9.84 Å². The second kappa shape index (κ2) is 9.78. The normalized spacial score (nSPS) is 17.8. The highest BCUT2D eigenvalue weighted by Gasteiger charge is 2.21. The highest BCUT2D eigenvalue weighted by molar-refractivity contribution is 14.0. The predicted molar refractivity (Wildman–Crippen MR) is 92.7 cm³/mol. The highest BCUT2D eigenvalue weighted by Crippen LogP contribution is 2.13. The number of nitrogens with one attached hydrogen (secondary N) is 1. The molecular weight excluding hydrogens is 393 g/mol. The first-order valence-corrected chi connectivity index (χ1v) is 8.77. The van der Waals surface area contributed by atoms with Crippen molar-refractivity contribution in [1.29, 1.82) is 0 Å². The summed E-state index contributed by atoms with van der Waals surface area (Å²) >= 11 is 0. The maximum Gasteiger partial charge on any atom is 0.193 e. The predicted octanol–water partition coefficient (Wildman–Crippen LogP) is 0.725. The number of aliphatic imine (C=N–C) groups is 1. The maximum absolute atomic E-state index is 11.1. The zero-order valence-electron chi connectivity index (χ0n) is 12.5. The number of ether oxygens (including phenoxy) is 1. The number of hydrogen-bond donors (Lipinski definition) is 1. The van der Waals surface area contributed by atoms with Crippen LogP contribution < -0.4 is 5.32 Å². The SMILES string of the molecule is CCOC1CCN(C(=NC)NCCS(C)(=O)=O)CC1.I. The Morgan fingerprint density at radius 2 is 2.00 bits per heavy atom. The van der Waals surface area contributed by atoms with Crippen LogP contribution in [0.3, 0.4) is 0 Å². The molecule has 120 valence electrons. The third-order valence-electron chi connectivity index (χ3n) is 3.11. The molecule has 1 aliphatic rings. The summed E-state index contributed by atoms with van der Waals surface area (Å²) in [5.74, 6) is 0.903. The second-order valence-electron chi connectivity index (χ2n) is 4.75. The van der Waals surface area contributed by atoms with Gasteiger partial charge in [-0.25, -0.2) is 8.42 Å². The summed E-state index contributed by atoms with van der Waals surface area (Å²) in [7, 11) is -1.21. The van der Waals surface area contributed by atoms with Crippen molar-refractivity contribution >= 4 is 39.8 Å². The van der Waals surface area contributed by atoms with Gasteiger partial charge in [0.05, 0.1) is 11.9 Å². The first-order valence-electron chi connectivity index (χ1n) is 6.71. The summed E-state index contributed by atoms with van der Waals surface area (Å²) in [6.07, 6.45) is 3.56. The molecule has 0 aliphatic carbocycles. The van der Waals surface area contributed by atoms with Crippen molar-refractivity contribution in [2.75, 3.05) is 45.3 Å². The fourth-order valence-corrected chi connectivity index (χ4v) is 2.62. The van der Waals surface area contributed by atoms with E-state index in [9.17, 15) is 8.42 Å². The monoisotopic (exact) mass is 419 g/mol. The van der Waals surface area contributed by atoms with Crippen LogP contribution in [0.4, 0.5) is 0 Å². The summed E-state index contributed by atoms with van der Waals surface area (Å²) in [4.78, 5) is 6.35. The van der Waals surface area contributed by atoms with Crippen molar-refractivity contribution < 1.29 is 13.2 Å². The van der Waals surface area contributed by atoms with Gasteiger partial charge in [-0.3, -0.25) is 4.99 Å². The lowest BCUT2D eigenvalue weighted by Gasteiger charge is -2.34. The molecule has 0 atom stereocenters. The number of halogens is 1. The number of piperidine rings is 1. The zero-order chi connectivity index (χ0) is 14.3. The third kappa shape index (κ3) is 7.63. The summed E-state index contributed by atoms with van der Waals surface area (Å²) in [6, 6.07) is 0. The molecule has 6 nitrogen and oxygen atoms in total. The molecule has 0 radical (unpaired) electrons. The molecule has 0 aromatic heterocycles. The summed E-state index contributed by atoms with van der Waals surface area (Å²) in [5.41, 5.74) is 0. The smallest absolute Gasteiger partial charge is 0.193 e. The molecule has 1 fully saturated rings. The van der Waals surface area contributed by atoms with Crippen LogP contribution in [0.25, 0.3) is 0 Å². The first-order chi connectivity index (χ1) is 8.96. The van der Waals surface area contributed by atoms with Crippen molar-refractivity contribution in [1.82, 2.24) is 10.2 Å². The molecule has 0 bridgehead atoms. The number of likely N-dealkylation sites (tertiary alicyclic amines) is 1. The molecular formula is C12H26IN3O3S. The van der Waals surface area contributed by atoms with E-state index in [1.807, 2.05) is 6.92 Å². The molecule has 20 heavy (non-hydrogen) atoms. The lowest BCUT2D eigenvalue weighted by Crippen LogP contribution is -2.47. The quantitative estimate of drug-likeness (QED) is 0.404. The van der Waals surface area contributed by atoms with E-state index in [2.05, 4.69) is 15.2 Å².